The van der Waals surface area contributed by atoms with E-state index < -0.39 is 29.9 Å². The molecule has 2 aliphatic rings. The average Bonchev–Trinajstić information content (AvgIpc) is 3.58. The largest absolute Gasteiger partial charge is 0.465 e. The number of benzene rings is 2. The van der Waals surface area contributed by atoms with Crippen LogP contribution in [0.1, 0.15) is 35.6 Å². The summed E-state index contributed by atoms with van der Waals surface area (Å²) >= 11 is 0. The molecule has 1 heterocycles. The third-order valence-electron chi connectivity index (χ3n) is 6.18. The number of amides is 1. The molecule has 178 valence electrons. The summed E-state index contributed by atoms with van der Waals surface area (Å²) in [6, 6.07) is 10.1. The standard InChI is InChI=1S/C24H28F2N2O5/c25-18-8-15(9-19(26)12-18)10-20(28-23(30)31)21(29)13-27-24(4-5-24)17-3-1-2-16(11-17)22-14-32-6-7-33-22/h1-3,8-9,11-12,20-22,27-29H,4-7,10,13-14H2,(H,30,31). The SMILES string of the molecule is O=C(O)NC(Cc1cc(F)cc(F)c1)C(O)CNC1(c2cccc(C3COCCO3)c2)CC1. The number of hydrogen-bond donors (Lipinski definition) is 4. The fourth-order valence-corrected chi connectivity index (χ4v) is 4.28. The number of ether oxygens (including phenoxy) is 2. The number of hydrogen-bond acceptors (Lipinski definition) is 5. The second-order valence-corrected chi connectivity index (χ2v) is 8.63. The molecule has 1 amide bonds. The number of rotatable bonds is 9. The minimum absolute atomic E-state index is 0.0503. The number of aliphatic hydroxyl groups excluding tert-OH is 1. The zero-order valence-corrected chi connectivity index (χ0v) is 18.1. The Morgan fingerprint density at radius 1 is 1.15 bits per heavy atom. The van der Waals surface area contributed by atoms with Gasteiger partial charge in [0.1, 0.15) is 17.7 Å². The molecule has 1 aliphatic carbocycles. The van der Waals surface area contributed by atoms with Crippen molar-refractivity contribution in [1.82, 2.24) is 10.6 Å². The van der Waals surface area contributed by atoms with E-state index in [-0.39, 0.29) is 30.2 Å². The summed E-state index contributed by atoms with van der Waals surface area (Å²) in [4.78, 5) is 11.2. The van der Waals surface area contributed by atoms with E-state index in [0.29, 0.717) is 19.8 Å². The second-order valence-electron chi connectivity index (χ2n) is 8.63. The molecule has 2 fully saturated rings. The molecule has 0 radical (unpaired) electrons. The highest BCUT2D eigenvalue weighted by atomic mass is 19.1. The van der Waals surface area contributed by atoms with E-state index in [4.69, 9.17) is 9.47 Å². The predicted octanol–water partition coefficient (Wildman–Crippen LogP) is 2.87. The van der Waals surface area contributed by atoms with Gasteiger partial charge >= 0.3 is 6.09 Å². The van der Waals surface area contributed by atoms with E-state index in [1.165, 1.54) is 0 Å². The van der Waals surface area contributed by atoms with Gasteiger partial charge in [0.2, 0.25) is 0 Å². The van der Waals surface area contributed by atoms with Gasteiger partial charge in [-0.05, 0) is 48.1 Å². The molecule has 2 aromatic rings. The Morgan fingerprint density at radius 3 is 2.55 bits per heavy atom. The zero-order chi connectivity index (χ0) is 23.4. The molecule has 1 saturated heterocycles. The first-order valence-corrected chi connectivity index (χ1v) is 11.0. The first-order valence-electron chi connectivity index (χ1n) is 11.0. The van der Waals surface area contributed by atoms with Crippen LogP contribution >= 0.6 is 0 Å². The maximum absolute atomic E-state index is 13.5. The van der Waals surface area contributed by atoms with E-state index in [2.05, 4.69) is 16.7 Å². The van der Waals surface area contributed by atoms with Gasteiger partial charge in [-0.3, -0.25) is 0 Å². The molecular formula is C24H28F2N2O5. The molecule has 7 nitrogen and oxygen atoms in total. The van der Waals surface area contributed by atoms with Gasteiger partial charge in [0, 0.05) is 18.2 Å². The third kappa shape index (κ3) is 6.05. The maximum atomic E-state index is 13.5. The lowest BCUT2D eigenvalue weighted by molar-refractivity contribution is -0.0901. The van der Waals surface area contributed by atoms with Gasteiger partial charge < -0.3 is 30.3 Å². The summed E-state index contributed by atoms with van der Waals surface area (Å²) in [7, 11) is 0. The Balaban J connectivity index is 1.42. The Labute approximate surface area is 190 Å². The van der Waals surface area contributed by atoms with E-state index in [1.807, 2.05) is 18.2 Å². The molecule has 1 saturated carbocycles. The van der Waals surface area contributed by atoms with Crippen LogP contribution in [0.2, 0.25) is 0 Å². The van der Waals surface area contributed by atoms with Crippen molar-refractivity contribution in [2.75, 3.05) is 26.4 Å². The van der Waals surface area contributed by atoms with Crippen molar-refractivity contribution >= 4 is 6.09 Å². The molecule has 0 aromatic heterocycles. The lowest BCUT2D eigenvalue weighted by Crippen LogP contribution is -2.49. The number of carboxylic acid groups (broad SMARTS) is 1. The zero-order valence-electron chi connectivity index (χ0n) is 18.1. The third-order valence-corrected chi connectivity index (χ3v) is 6.18. The van der Waals surface area contributed by atoms with Gasteiger partial charge in [-0.15, -0.1) is 0 Å². The van der Waals surface area contributed by atoms with Crippen LogP contribution in [0.4, 0.5) is 13.6 Å². The predicted molar refractivity (Wildman–Crippen MR) is 116 cm³/mol. The molecule has 2 aromatic carbocycles. The minimum Gasteiger partial charge on any atom is -0.465 e. The molecule has 1 aliphatic heterocycles. The quantitative estimate of drug-likeness (QED) is 0.457. The van der Waals surface area contributed by atoms with Crippen LogP contribution in [0, 0.1) is 11.6 Å². The Hall–Kier alpha value is -2.59. The van der Waals surface area contributed by atoms with Gasteiger partial charge in [0.05, 0.1) is 32.0 Å². The van der Waals surface area contributed by atoms with Crippen molar-refractivity contribution in [1.29, 1.82) is 0 Å². The Morgan fingerprint density at radius 2 is 1.91 bits per heavy atom. The normalized spacial score (nSPS) is 21.2. The molecule has 4 rings (SSSR count). The van der Waals surface area contributed by atoms with Gasteiger partial charge in [0.15, 0.2) is 0 Å². The number of aliphatic hydroxyl groups is 1. The van der Waals surface area contributed by atoms with Crippen LogP contribution < -0.4 is 10.6 Å². The Kier molecular flexibility index (Phi) is 7.23. The molecular weight excluding hydrogens is 434 g/mol. The van der Waals surface area contributed by atoms with E-state index in [0.717, 1.165) is 42.2 Å². The van der Waals surface area contributed by atoms with Crippen LogP contribution in [0.25, 0.3) is 0 Å². The van der Waals surface area contributed by atoms with Crippen LogP contribution in [0.5, 0.6) is 0 Å². The summed E-state index contributed by atoms with van der Waals surface area (Å²) < 4.78 is 38.4. The monoisotopic (exact) mass is 462 g/mol. The minimum atomic E-state index is -1.32. The van der Waals surface area contributed by atoms with Crippen LogP contribution in [-0.4, -0.2) is 54.8 Å². The summed E-state index contributed by atoms with van der Waals surface area (Å²) in [5.41, 5.74) is 2.04. The average molecular weight is 462 g/mol. The van der Waals surface area contributed by atoms with Gasteiger partial charge in [-0.1, -0.05) is 24.3 Å². The summed E-state index contributed by atoms with van der Waals surface area (Å²) in [6.45, 7) is 1.76. The highest BCUT2D eigenvalue weighted by molar-refractivity contribution is 5.65. The van der Waals surface area contributed by atoms with Crippen molar-refractivity contribution in [3.8, 4) is 0 Å². The smallest absolute Gasteiger partial charge is 0.404 e. The summed E-state index contributed by atoms with van der Waals surface area (Å²) in [6.07, 6.45) is -0.849. The first-order chi connectivity index (χ1) is 15.8. The van der Waals surface area contributed by atoms with Gasteiger partial charge in [0.25, 0.3) is 0 Å². The molecule has 33 heavy (non-hydrogen) atoms. The fraction of sp³-hybridized carbons (Fsp3) is 0.458. The molecule has 0 spiro atoms. The summed E-state index contributed by atoms with van der Waals surface area (Å²) in [5, 5.41) is 25.6. The fourth-order valence-electron chi connectivity index (χ4n) is 4.28. The van der Waals surface area contributed by atoms with Crippen LogP contribution in [0.3, 0.4) is 0 Å². The van der Waals surface area contributed by atoms with Crippen LogP contribution in [-0.2, 0) is 21.4 Å². The van der Waals surface area contributed by atoms with E-state index in [9.17, 15) is 23.8 Å². The van der Waals surface area contributed by atoms with E-state index >= 15 is 0 Å². The molecule has 0 bridgehead atoms. The van der Waals surface area contributed by atoms with Crippen molar-refractivity contribution in [3.63, 3.8) is 0 Å². The molecule has 9 heteroatoms. The number of halogens is 2. The van der Waals surface area contributed by atoms with Gasteiger partial charge in [-0.25, -0.2) is 13.6 Å². The van der Waals surface area contributed by atoms with Crippen molar-refractivity contribution in [3.05, 3.63) is 70.8 Å². The highest BCUT2D eigenvalue weighted by Gasteiger charge is 2.44. The summed E-state index contributed by atoms with van der Waals surface area (Å²) in [5.74, 6) is -1.51. The highest BCUT2D eigenvalue weighted by Crippen LogP contribution is 2.46. The number of nitrogens with one attached hydrogen (secondary N) is 2. The topological polar surface area (TPSA) is 100 Å². The Bertz CT molecular complexity index is 959. The van der Waals surface area contributed by atoms with Crippen molar-refractivity contribution < 1.29 is 33.3 Å². The lowest BCUT2D eigenvalue weighted by Gasteiger charge is -2.27. The van der Waals surface area contributed by atoms with E-state index in [1.54, 1.807) is 0 Å². The van der Waals surface area contributed by atoms with Crippen LogP contribution in [0.15, 0.2) is 42.5 Å². The maximum Gasteiger partial charge on any atom is 0.404 e. The molecule has 3 atom stereocenters. The van der Waals surface area contributed by atoms with Crippen molar-refractivity contribution in [2.24, 2.45) is 0 Å². The lowest BCUT2D eigenvalue weighted by atomic mass is 9.97. The van der Waals surface area contributed by atoms with Crippen molar-refractivity contribution in [2.45, 2.75) is 43.1 Å². The number of carbonyl (C=O) groups is 1. The second kappa shape index (κ2) is 10.1. The molecule has 3 unspecified atom stereocenters. The van der Waals surface area contributed by atoms with Gasteiger partial charge in [-0.2, -0.15) is 0 Å². The first kappa shape index (κ1) is 23.6. The molecule has 4 N–H and O–H groups in total.